The molecular formula is C14H21N3O3. The van der Waals surface area contributed by atoms with Crippen molar-refractivity contribution in [1.29, 1.82) is 0 Å². The van der Waals surface area contributed by atoms with E-state index in [-0.39, 0.29) is 11.8 Å². The molecule has 0 aromatic carbocycles. The van der Waals surface area contributed by atoms with Gasteiger partial charge in [0.05, 0.1) is 19.1 Å². The van der Waals surface area contributed by atoms with Gasteiger partial charge in [0.25, 0.3) is 0 Å². The molecule has 1 saturated carbocycles. The zero-order chi connectivity index (χ0) is 13.8. The molecule has 1 unspecified atom stereocenters. The second-order valence-electron chi connectivity index (χ2n) is 5.66. The highest BCUT2D eigenvalue weighted by Gasteiger charge is 2.24. The Morgan fingerprint density at radius 3 is 2.85 bits per heavy atom. The lowest BCUT2D eigenvalue weighted by molar-refractivity contribution is -0.125. The molecule has 2 heterocycles. The minimum absolute atomic E-state index is 0.0138. The van der Waals surface area contributed by atoms with E-state index in [1.54, 1.807) is 0 Å². The molecule has 2 fully saturated rings. The third-order valence-electron chi connectivity index (χ3n) is 4.17. The van der Waals surface area contributed by atoms with Crippen molar-refractivity contribution in [2.75, 3.05) is 13.2 Å². The van der Waals surface area contributed by atoms with Gasteiger partial charge >= 0.3 is 0 Å². The van der Waals surface area contributed by atoms with Crippen LogP contribution in [0.1, 0.15) is 56.2 Å². The molecule has 1 aromatic heterocycles. The van der Waals surface area contributed by atoms with Crippen LogP contribution in [-0.4, -0.2) is 29.3 Å². The van der Waals surface area contributed by atoms with E-state index in [0.29, 0.717) is 31.6 Å². The molecule has 1 aliphatic heterocycles. The summed E-state index contributed by atoms with van der Waals surface area (Å²) in [5, 5.41) is 6.90. The van der Waals surface area contributed by atoms with Gasteiger partial charge in [-0.25, -0.2) is 0 Å². The van der Waals surface area contributed by atoms with Gasteiger partial charge in [0.2, 0.25) is 11.8 Å². The summed E-state index contributed by atoms with van der Waals surface area (Å²) in [6.45, 7) is 1.50. The number of carbonyl (C=O) groups is 1. The van der Waals surface area contributed by atoms with E-state index in [1.807, 2.05) is 0 Å². The van der Waals surface area contributed by atoms with Crippen LogP contribution in [0, 0.1) is 5.92 Å². The van der Waals surface area contributed by atoms with Gasteiger partial charge in [-0.3, -0.25) is 4.79 Å². The number of rotatable bonds is 4. The standard InChI is InChI=1S/C14H21N3O3/c18-14(11-6-7-19-9-11)15-8-12-16-13(17-20-12)10-4-2-1-3-5-10/h10-11H,1-9H2,(H,15,18). The summed E-state index contributed by atoms with van der Waals surface area (Å²) in [4.78, 5) is 16.3. The highest BCUT2D eigenvalue weighted by molar-refractivity contribution is 5.78. The minimum Gasteiger partial charge on any atom is -0.381 e. The van der Waals surface area contributed by atoms with Gasteiger partial charge in [0, 0.05) is 12.5 Å². The summed E-state index contributed by atoms with van der Waals surface area (Å²) < 4.78 is 10.4. The molecule has 1 N–H and O–H groups in total. The summed E-state index contributed by atoms with van der Waals surface area (Å²) in [5.41, 5.74) is 0. The number of nitrogens with zero attached hydrogens (tertiary/aromatic N) is 2. The van der Waals surface area contributed by atoms with Gasteiger partial charge in [0.15, 0.2) is 5.82 Å². The Bertz CT molecular complexity index is 448. The van der Waals surface area contributed by atoms with E-state index in [9.17, 15) is 4.79 Å². The van der Waals surface area contributed by atoms with E-state index in [4.69, 9.17) is 9.26 Å². The second-order valence-corrected chi connectivity index (χ2v) is 5.66. The lowest BCUT2D eigenvalue weighted by Crippen LogP contribution is -2.30. The number of ether oxygens (including phenoxy) is 1. The second kappa shape index (κ2) is 6.35. The van der Waals surface area contributed by atoms with Crippen LogP contribution in [0.3, 0.4) is 0 Å². The first-order chi connectivity index (χ1) is 9.83. The number of hydrogen-bond donors (Lipinski definition) is 1. The van der Waals surface area contributed by atoms with Crippen LogP contribution < -0.4 is 5.32 Å². The van der Waals surface area contributed by atoms with Crippen molar-refractivity contribution in [2.24, 2.45) is 5.92 Å². The van der Waals surface area contributed by atoms with E-state index in [0.717, 1.165) is 25.1 Å². The molecule has 0 radical (unpaired) electrons. The first-order valence-corrected chi connectivity index (χ1v) is 7.51. The number of carbonyl (C=O) groups excluding carboxylic acids is 1. The van der Waals surface area contributed by atoms with Crippen molar-refractivity contribution in [3.8, 4) is 0 Å². The molecular weight excluding hydrogens is 258 g/mol. The molecule has 110 valence electrons. The van der Waals surface area contributed by atoms with E-state index < -0.39 is 0 Å². The Labute approximate surface area is 118 Å². The topological polar surface area (TPSA) is 77.3 Å². The molecule has 1 saturated heterocycles. The zero-order valence-corrected chi connectivity index (χ0v) is 11.6. The fourth-order valence-corrected chi connectivity index (χ4v) is 2.91. The number of aromatic nitrogens is 2. The Kier molecular flexibility index (Phi) is 4.30. The van der Waals surface area contributed by atoms with Gasteiger partial charge in [-0.05, 0) is 19.3 Å². The van der Waals surface area contributed by atoms with Crippen LogP contribution in [0.4, 0.5) is 0 Å². The maximum atomic E-state index is 11.8. The normalized spacial score (nSPS) is 23.9. The van der Waals surface area contributed by atoms with Gasteiger partial charge in [-0.1, -0.05) is 24.4 Å². The molecule has 1 aliphatic carbocycles. The fraction of sp³-hybridized carbons (Fsp3) is 0.786. The smallest absolute Gasteiger partial charge is 0.246 e. The molecule has 0 bridgehead atoms. The molecule has 3 rings (SSSR count). The summed E-state index contributed by atoms with van der Waals surface area (Å²) in [6, 6.07) is 0. The molecule has 1 atom stereocenters. The lowest BCUT2D eigenvalue weighted by Gasteiger charge is -2.17. The molecule has 0 spiro atoms. The summed E-state index contributed by atoms with van der Waals surface area (Å²) in [7, 11) is 0. The molecule has 1 amide bonds. The minimum atomic E-state index is -0.0317. The average molecular weight is 279 g/mol. The quantitative estimate of drug-likeness (QED) is 0.909. The monoisotopic (exact) mass is 279 g/mol. The first-order valence-electron chi connectivity index (χ1n) is 7.51. The van der Waals surface area contributed by atoms with Crippen LogP contribution in [-0.2, 0) is 16.1 Å². The highest BCUT2D eigenvalue weighted by atomic mass is 16.5. The van der Waals surface area contributed by atoms with Gasteiger partial charge in [-0.2, -0.15) is 4.98 Å². The van der Waals surface area contributed by atoms with Crippen molar-refractivity contribution in [1.82, 2.24) is 15.5 Å². The van der Waals surface area contributed by atoms with Crippen LogP contribution in [0.2, 0.25) is 0 Å². The van der Waals surface area contributed by atoms with Crippen LogP contribution in [0.15, 0.2) is 4.52 Å². The highest BCUT2D eigenvalue weighted by Crippen LogP contribution is 2.30. The van der Waals surface area contributed by atoms with Gasteiger partial charge < -0.3 is 14.6 Å². The molecule has 20 heavy (non-hydrogen) atoms. The lowest BCUT2D eigenvalue weighted by atomic mass is 9.89. The third kappa shape index (κ3) is 3.17. The molecule has 1 aromatic rings. The van der Waals surface area contributed by atoms with Gasteiger partial charge in [-0.15, -0.1) is 0 Å². The Balaban J connectivity index is 1.50. The summed E-state index contributed by atoms with van der Waals surface area (Å²) in [5.74, 6) is 1.71. The third-order valence-corrected chi connectivity index (χ3v) is 4.17. The maximum absolute atomic E-state index is 11.8. The van der Waals surface area contributed by atoms with E-state index in [1.165, 1.54) is 19.3 Å². The fourth-order valence-electron chi connectivity index (χ4n) is 2.91. The predicted octanol–water partition coefficient (Wildman–Crippen LogP) is 1.77. The number of amides is 1. The number of hydrogen-bond acceptors (Lipinski definition) is 5. The molecule has 6 nitrogen and oxygen atoms in total. The Morgan fingerprint density at radius 1 is 1.25 bits per heavy atom. The van der Waals surface area contributed by atoms with E-state index >= 15 is 0 Å². The largest absolute Gasteiger partial charge is 0.381 e. The summed E-state index contributed by atoms with van der Waals surface area (Å²) in [6.07, 6.45) is 6.87. The van der Waals surface area contributed by atoms with Crippen LogP contribution in [0.5, 0.6) is 0 Å². The number of nitrogens with one attached hydrogen (secondary N) is 1. The van der Waals surface area contributed by atoms with Crippen LogP contribution in [0.25, 0.3) is 0 Å². The SMILES string of the molecule is O=C(NCc1nc(C2CCCCC2)no1)C1CCOC1. The average Bonchev–Trinajstić information content (AvgIpc) is 3.17. The predicted molar refractivity (Wildman–Crippen MR) is 70.9 cm³/mol. The molecule has 6 heteroatoms. The zero-order valence-electron chi connectivity index (χ0n) is 11.6. The first kappa shape index (κ1) is 13.5. The van der Waals surface area contributed by atoms with E-state index in [2.05, 4.69) is 15.5 Å². The van der Waals surface area contributed by atoms with Crippen molar-refractivity contribution >= 4 is 5.91 Å². The van der Waals surface area contributed by atoms with Gasteiger partial charge in [0.1, 0.15) is 0 Å². The van der Waals surface area contributed by atoms with Crippen molar-refractivity contribution < 1.29 is 14.1 Å². The maximum Gasteiger partial charge on any atom is 0.246 e. The Hall–Kier alpha value is -1.43. The Morgan fingerprint density at radius 2 is 2.10 bits per heavy atom. The molecule has 2 aliphatic rings. The van der Waals surface area contributed by atoms with Crippen molar-refractivity contribution in [2.45, 2.75) is 51.0 Å². The van der Waals surface area contributed by atoms with Crippen molar-refractivity contribution in [3.05, 3.63) is 11.7 Å². The summed E-state index contributed by atoms with van der Waals surface area (Å²) >= 11 is 0. The van der Waals surface area contributed by atoms with Crippen molar-refractivity contribution in [3.63, 3.8) is 0 Å². The van der Waals surface area contributed by atoms with Crippen LogP contribution >= 0.6 is 0 Å².